The Balaban J connectivity index is 2.06. The van der Waals surface area contributed by atoms with E-state index >= 15 is 0 Å². The first-order valence-electron chi connectivity index (χ1n) is 9.54. The van der Waals surface area contributed by atoms with Crippen molar-refractivity contribution in [3.63, 3.8) is 0 Å². The molecule has 0 bridgehead atoms. The van der Waals surface area contributed by atoms with Crippen LogP contribution in [0.3, 0.4) is 0 Å². The zero-order valence-electron chi connectivity index (χ0n) is 16.5. The monoisotopic (exact) mass is 380 g/mol. The molecule has 0 saturated carbocycles. The minimum atomic E-state index is -2.77. The molecule has 0 saturated heterocycles. The number of nitrogens with one attached hydrogen (secondary N) is 1. The Hall–Kier alpha value is -1.56. The largest absolute Gasteiger partial charge is 0.443 e. The van der Waals surface area contributed by atoms with Crippen molar-refractivity contribution in [2.75, 3.05) is 17.2 Å². The van der Waals surface area contributed by atoms with Gasteiger partial charge in [0, 0.05) is 17.2 Å². The molecular formula is C20H32N2O3S. The predicted molar refractivity (Wildman–Crippen MR) is 106 cm³/mol. The first kappa shape index (κ1) is 20.7. The van der Waals surface area contributed by atoms with E-state index in [1.165, 1.54) is 12.8 Å². The van der Waals surface area contributed by atoms with Gasteiger partial charge in [0.05, 0.1) is 15.4 Å². The van der Waals surface area contributed by atoms with Crippen LogP contribution in [0.15, 0.2) is 23.1 Å². The predicted octanol–water partition coefficient (Wildman–Crippen LogP) is 5.36. The number of hydrogen-bond acceptors (Lipinski definition) is 4. The lowest BCUT2D eigenvalue weighted by molar-refractivity contribution is 0.0584. The van der Waals surface area contributed by atoms with Crippen LogP contribution in [0.1, 0.15) is 65.4 Å². The Morgan fingerprint density at radius 1 is 1.23 bits per heavy atom. The van der Waals surface area contributed by atoms with Crippen LogP contribution in [-0.4, -0.2) is 28.2 Å². The molecule has 1 aliphatic heterocycles. The Morgan fingerprint density at radius 3 is 2.58 bits per heavy atom. The molecule has 0 spiro atoms. The summed E-state index contributed by atoms with van der Waals surface area (Å²) in [6, 6.07) is 5.40. The molecule has 6 heteroatoms. The molecule has 1 N–H and O–H groups in total. The molecule has 0 aliphatic carbocycles. The number of fused-ring (bicyclic) bond motifs is 1. The minimum absolute atomic E-state index is 0.355. The van der Waals surface area contributed by atoms with E-state index in [-0.39, 0.29) is 6.09 Å². The maximum absolute atomic E-state index is 12.8. The van der Waals surface area contributed by atoms with Gasteiger partial charge in [0.1, 0.15) is 5.60 Å². The summed E-state index contributed by atoms with van der Waals surface area (Å²) in [5.41, 5.74) is 1.24. The van der Waals surface area contributed by atoms with Crippen molar-refractivity contribution in [1.29, 1.82) is 4.78 Å². The van der Waals surface area contributed by atoms with Crippen LogP contribution in [-0.2, 0) is 20.9 Å². The average molecular weight is 381 g/mol. The standard InChI is InChI=1S/C20H32N2O3S/c1-5-6-7-8-9-14-26(21,24)17-10-11-18-16(15-17)12-13-22(18)19(23)25-20(2,3)4/h10-11,15,21H,5-9,12-14H2,1-4H3. The van der Waals surface area contributed by atoms with Gasteiger partial charge in [0.15, 0.2) is 0 Å². The number of ether oxygens (including phenoxy) is 1. The number of unbranched alkanes of at least 4 members (excludes halogenated alkanes) is 4. The van der Waals surface area contributed by atoms with Gasteiger partial charge < -0.3 is 4.74 Å². The zero-order chi connectivity index (χ0) is 19.4. The summed E-state index contributed by atoms with van der Waals surface area (Å²) in [4.78, 5) is 14.6. The van der Waals surface area contributed by atoms with Gasteiger partial charge in [-0.1, -0.05) is 32.6 Å². The van der Waals surface area contributed by atoms with Gasteiger partial charge in [-0.15, -0.1) is 0 Å². The topological polar surface area (TPSA) is 70.5 Å². The Bertz CT molecular complexity index is 736. The SMILES string of the molecule is CCCCCCCS(=N)(=O)c1ccc2c(c1)CCN2C(=O)OC(C)(C)C. The van der Waals surface area contributed by atoms with Crippen LogP contribution in [0.4, 0.5) is 10.5 Å². The molecule has 1 aromatic rings. The molecule has 2 rings (SSSR count). The highest BCUT2D eigenvalue weighted by atomic mass is 32.2. The van der Waals surface area contributed by atoms with Crippen LogP contribution in [0.5, 0.6) is 0 Å². The Kier molecular flexibility index (Phi) is 6.72. The summed E-state index contributed by atoms with van der Waals surface area (Å²) in [5, 5.41) is 0. The number of hydrogen-bond donors (Lipinski definition) is 1. The molecule has 26 heavy (non-hydrogen) atoms. The zero-order valence-corrected chi connectivity index (χ0v) is 17.3. The second-order valence-electron chi connectivity index (χ2n) is 7.97. The smallest absolute Gasteiger partial charge is 0.414 e. The van der Waals surface area contributed by atoms with E-state index in [1.54, 1.807) is 11.0 Å². The van der Waals surface area contributed by atoms with Gasteiger partial charge in [0.2, 0.25) is 0 Å². The summed E-state index contributed by atoms with van der Waals surface area (Å²) >= 11 is 0. The summed E-state index contributed by atoms with van der Waals surface area (Å²) in [6.45, 7) is 8.27. The van der Waals surface area contributed by atoms with Gasteiger partial charge in [-0.25, -0.2) is 13.8 Å². The molecule has 1 aromatic carbocycles. The molecular weight excluding hydrogens is 348 g/mol. The quantitative estimate of drug-likeness (QED) is 0.647. The fourth-order valence-electron chi connectivity index (χ4n) is 3.12. The second-order valence-corrected chi connectivity index (χ2v) is 10.2. The van der Waals surface area contributed by atoms with Crippen molar-refractivity contribution in [2.24, 2.45) is 0 Å². The highest BCUT2D eigenvalue weighted by Crippen LogP contribution is 2.32. The third kappa shape index (κ3) is 5.47. The molecule has 5 nitrogen and oxygen atoms in total. The lowest BCUT2D eigenvalue weighted by Gasteiger charge is -2.24. The highest BCUT2D eigenvalue weighted by molar-refractivity contribution is 7.92. The molecule has 1 aliphatic rings. The fourth-order valence-corrected chi connectivity index (χ4v) is 4.58. The van der Waals surface area contributed by atoms with Crippen LogP contribution in [0.25, 0.3) is 0 Å². The Morgan fingerprint density at radius 2 is 1.92 bits per heavy atom. The summed E-state index contributed by atoms with van der Waals surface area (Å²) < 4.78 is 26.5. The van der Waals surface area contributed by atoms with E-state index < -0.39 is 15.3 Å². The van der Waals surface area contributed by atoms with Gasteiger partial charge in [0.25, 0.3) is 0 Å². The molecule has 1 unspecified atom stereocenters. The van der Waals surface area contributed by atoms with E-state index in [1.807, 2.05) is 32.9 Å². The fraction of sp³-hybridized carbons (Fsp3) is 0.650. The lowest BCUT2D eigenvalue weighted by atomic mass is 10.2. The van der Waals surface area contributed by atoms with Crippen molar-refractivity contribution >= 4 is 21.5 Å². The van der Waals surface area contributed by atoms with Crippen molar-refractivity contribution in [2.45, 2.75) is 76.7 Å². The number of benzene rings is 1. The van der Waals surface area contributed by atoms with Gasteiger partial charge >= 0.3 is 6.09 Å². The average Bonchev–Trinajstić information content (AvgIpc) is 2.96. The maximum Gasteiger partial charge on any atom is 0.414 e. The van der Waals surface area contributed by atoms with Crippen LogP contribution in [0, 0.1) is 4.78 Å². The van der Waals surface area contributed by atoms with E-state index in [2.05, 4.69) is 6.92 Å². The normalized spacial score (nSPS) is 16.2. The molecule has 0 radical (unpaired) electrons. The van der Waals surface area contributed by atoms with Gasteiger partial charge in [-0.05, 0) is 57.4 Å². The number of anilines is 1. The van der Waals surface area contributed by atoms with Gasteiger partial charge in [-0.2, -0.15) is 0 Å². The summed E-state index contributed by atoms with van der Waals surface area (Å²) in [7, 11) is -2.77. The van der Waals surface area contributed by atoms with E-state index in [9.17, 15) is 9.00 Å². The lowest BCUT2D eigenvalue weighted by Crippen LogP contribution is -2.35. The van der Waals surface area contributed by atoms with E-state index in [0.29, 0.717) is 23.6 Å². The van der Waals surface area contributed by atoms with Gasteiger partial charge in [-0.3, -0.25) is 4.90 Å². The summed E-state index contributed by atoms with van der Waals surface area (Å²) in [5.74, 6) is 0.408. The van der Waals surface area contributed by atoms with Crippen LogP contribution < -0.4 is 4.90 Å². The first-order chi connectivity index (χ1) is 12.1. The van der Waals surface area contributed by atoms with E-state index in [4.69, 9.17) is 9.52 Å². The minimum Gasteiger partial charge on any atom is -0.443 e. The molecule has 146 valence electrons. The van der Waals surface area contributed by atoms with Crippen LogP contribution >= 0.6 is 0 Å². The number of nitrogens with zero attached hydrogens (tertiary/aromatic N) is 1. The third-order valence-corrected chi connectivity index (χ3v) is 6.36. The number of rotatable bonds is 7. The Labute approximate surface area is 158 Å². The molecule has 1 atom stereocenters. The molecule has 0 fully saturated rings. The number of carbonyl (C=O) groups excluding carboxylic acids is 1. The third-order valence-electron chi connectivity index (χ3n) is 4.48. The van der Waals surface area contributed by atoms with Crippen molar-refractivity contribution in [3.8, 4) is 0 Å². The van der Waals surface area contributed by atoms with Crippen molar-refractivity contribution in [1.82, 2.24) is 0 Å². The maximum atomic E-state index is 12.8. The number of amides is 1. The second kappa shape index (κ2) is 8.42. The van der Waals surface area contributed by atoms with Crippen LogP contribution in [0.2, 0.25) is 0 Å². The number of carbonyl (C=O) groups is 1. The van der Waals surface area contributed by atoms with E-state index in [0.717, 1.165) is 30.5 Å². The molecule has 1 heterocycles. The van der Waals surface area contributed by atoms with Crippen molar-refractivity contribution in [3.05, 3.63) is 23.8 Å². The first-order valence-corrected chi connectivity index (χ1v) is 11.3. The summed E-state index contributed by atoms with van der Waals surface area (Å²) in [6.07, 6.45) is 5.71. The molecule has 0 aromatic heterocycles. The highest BCUT2D eigenvalue weighted by Gasteiger charge is 2.29. The molecule has 1 amide bonds. The van der Waals surface area contributed by atoms with Crippen molar-refractivity contribution < 1.29 is 13.7 Å².